The van der Waals surface area contributed by atoms with Crippen LogP contribution in [0.25, 0.3) is 11.5 Å². The highest BCUT2D eigenvalue weighted by molar-refractivity contribution is 8.01. The van der Waals surface area contributed by atoms with Gasteiger partial charge in [-0.05, 0) is 55.5 Å². The predicted octanol–water partition coefficient (Wildman–Crippen LogP) is 5.36. The Morgan fingerprint density at radius 1 is 0.636 bits per heavy atom. The Hall–Kier alpha value is -3.68. The molecule has 1 heterocycles. The maximum atomic E-state index is 6.31. The van der Waals surface area contributed by atoms with Crippen LogP contribution in [0.4, 0.5) is 0 Å². The Kier molecular flexibility index (Phi) is 6.06. The van der Waals surface area contributed by atoms with Crippen LogP contribution in [0, 0.1) is 0 Å². The molecule has 162 valence electrons. The van der Waals surface area contributed by atoms with Crippen molar-refractivity contribution in [3.63, 3.8) is 0 Å². The lowest BCUT2D eigenvalue weighted by Gasteiger charge is -2.25. The summed E-state index contributed by atoms with van der Waals surface area (Å²) in [5.41, 5.74) is 1.78. The van der Waals surface area contributed by atoms with Crippen LogP contribution >= 0.6 is 7.26 Å². The molecule has 0 aliphatic carbocycles. The van der Waals surface area contributed by atoms with Gasteiger partial charge in [0.15, 0.2) is 7.26 Å². The first-order valence-corrected chi connectivity index (χ1v) is 12.9. The number of benzene rings is 4. The highest BCUT2D eigenvalue weighted by Gasteiger charge is 2.53. The molecule has 5 aromatic rings. The maximum absolute atomic E-state index is 6.31. The molecule has 0 radical (unpaired) electrons. The van der Waals surface area contributed by atoms with E-state index in [0.29, 0.717) is 18.4 Å². The second kappa shape index (κ2) is 9.44. The molecule has 1 aromatic heterocycles. The molecule has 0 saturated carbocycles. The van der Waals surface area contributed by atoms with E-state index in [1.165, 1.54) is 15.9 Å². The standard InChI is InChI=1S/C29H25NO2P/c1-2-31-29-28(30-27(32-29)23-15-7-3-8-16-23)33(24-17-9-4-10-18-24,25-19-11-5-12-20-25)26-21-13-6-14-22-26/h3-22H,2H2,1H3/q+1. The molecule has 3 nitrogen and oxygen atoms in total. The molecule has 0 unspecified atom stereocenters. The molecule has 0 amide bonds. The fourth-order valence-corrected chi connectivity index (χ4v) is 8.32. The van der Waals surface area contributed by atoms with Gasteiger partial charge in [0.1, 0.15) is 15.9 Å². The van der Waals surface area contributed by atoms with Crippen LogP contribution in [-0.4, -0.2) is 11.6 Å². The molecule has 4 heteroatoms. The third-order valence-electron chi connectivity index (χ3n) is 5.62. The van der Waals surface area contributed by atoms with Crippen LogP contribution in [0.15, 0.2) is 126 Å². The molecule has 0 aliphatic heterocycles. The van der Waals surface area contributed by atoms with Crippen molar-refractivity contribution >= 4 is 28.6 Å². The Bertz CT molecular complexity index is 1210. The highest BCUT2D eigenvalue weighted by Crippen LogP contribution is 2.56. The molecule has 0 atom stereocenters. The van der Waals surface area contributed by atoms with Crippen molar-refractivity contribution in [2.45, 2.75) is 6.92 Å². The van der Waals surface area contributed by atoms with Crippen LogP contribution in [0.3, 0.4) is 0 Å². The van der Waals surface area contributed by atoms with Crippen LogP contribution < -0.4 is 26.1 Å². The Morgan fingerprint density at radius 3 is 1.48 bits per heavy atom. The molecule has 0 aliphatic rings. The SMILES string of the molecule is CCOc1oc(-c2ccccc2)nc1[P+](c1ccccc1)(c1ccccc1)c1ccccc1. The number of nitrogens with zero attached hydrogens (tertiary/aromatic N) is 1. The smallest absolute Gasteiger partial charge is 0.352 e. The van der Waals surface area contributed by atoms with Crippen LogP contribution in [0.2, 0.25) is 0 Å². The fourth-order valence-electron chi connectivity index (χ4n) is 4.21. The molecule has 0 fully saturated rings. The van der Waals surface area contributed by atoms with Crippen molar-refractivity contribution in [1.29, 1.82) is 0 Å². The van der Waals surface area contributed by atoms with Crippen molar-refractivity contribution < 1.29 is 9.15 Å². The van der Waals surface area contributed by atoms with E-state index in [4.69, 9.17) is 14.1 Å². The first-order valence-electron chi connectivity index (χ1n) is 11.1. The summed E-state index contributed by atoms with van der Waals surface area (Å²) in [6, 6.07) is 41.9. The minimum absolute atomic E-state index is 0.487. The largest absolute Gasteiger partial charge is 0.461 e. The average molecular weight is 450 g/mol. The van der Waals surface area contributed by atoms with Crippen molar-refractivity contribution in [1.82, 2.24) is 4.98 Å². The zero-order chi connectivity index (χ0) is 22.5. The molecular weight excluding hydrogens is 425 g/mol. The Labute approximate surface area is 195 Å². The van der Waals surface area contributed by atoms with E-state index in [1.807, 2.05) is 37.3 Å². The number of rotatable bonds is 7. The lowest BCUT2D eigenvalue weighted by molar-refractivity contribution is 0.263. The first-order chi connectivity index (χ1) is 16.3. The van der Waals surface area contributed by atoms with Crippen molar-refractivity contribution in [2.24, 2.45) is 0 Å². The average Bonchev–Trinajstić information content (AvgIpc) is 3.31. The number of ether oxygens (including phenoxy) is 1. The summed E-state index contributed by atoms with van der Waals surface area (Å²) >= 11 is 0. The normalized spacial score (nSPS) is 11.3. The van der Waals surface area contributed by atoms with Crippen LogP contribution in [0.5, 0.6) is 5.95 Å². The molecule has 33 heavy (non-hydrogen) atoms. The van der Waals surface area contributed by atoms with E-state index in [9.17, 15) is 0 Å². The van der Waals surface area contributed by atoms with E-state index in [0.717, 1.165) is 11.0 Å². The van der Waals surface area contributed by atoms with Gasteiger partial charge in [0, 0.05) is 5.56 Å². The topological polar surface area (TPSA) is 35.3 Å². The van der Waals surface area contributed by atoms with E-state index in [-0.39, 0.29) is 0 Å². The maximum Gasteiger partial charge on any atom is 0.352 e. The van der Waals surface area contributed by atoms with Crippen molar-refractivity contribution in [2.75, 3.05) is 6.61 Å². The van der Waals surface area contributed by atoms with Crippen molar-refractivity contribution in [3.8, 4) is 17.4 Å². The summed E-state index contributed by atoms with van der Waals surface area (Å²) in [4.78, 5) is 5.16. The zero-order valence-corrected chi connectivity index (χ0v) is 19.4. The fraction of sp³-hybridized carbons (Fsp3) is 0.0690. The van der Waals surface area contributed by atoms with Crippen LogP contribution in [0.1, 0.15) is 6.92 Å². The molecule has 4 aromatic carbocycles. The van der Waals surface area contributed by atoms with Gasteiger partial charge < -0.3 is 9.15 Å². The minimum atomic E-state index is -2.40. The molecule has 5 rings (SSSR count). The number of hydrogen-bond donors (Lipinski definition) is 0. The van der Waals surface area contributed by atoms with E-state index < -0.39 is 7.26 Å². The summed E-state index contributed by atoms with van der Waals surface area (Å²) < 4.78 is 12.4. The van der Waals surface area contributed by atoms with Gasteiger partial charge in [-0.1, -0.05) is 72.8 Å². The monoisotopic (exact) mass is 450 g/mol. The molecule has 0 saturated heterocycles. The number of aromatic nitrogens is 1. The lowest BCUT2D eigenvalue weighted by atomic mass is 10.2. The van der Waals surface area contributed by atoms with Crippen LogP contribution in [-0.2, 0) is 0 Å². The summed E-state index contributed by atoms with van der Waals surface area (Å²) in [5.74, 6) is 1.06. The molecule has 0 spiro atoms. The first kappa shape index (κ1) is 21.2. The van der Waals surface area contributed by atoms with Gasteiger partial charge >= 0.3 is 5.95 Å². The highest BCUT2D eigenvalue weighted by atomic mass is 31.2. The third kappa shape index (κ3) is 3.86. The second-order valence-electron chi connectivity index (χ2n) is 7.61. The molecule has 0 bridgehead atoms. The van der Waals surface area contributed by atoms with Gasteiger partial charge in [0.25, 0.3) is 5.44 Å². The van der Waals surface area contributed by atoms with Gasteiger partial charge in [-0.3, -0.25) is 0 Å². The van der Waals surface area contributed by atoms with E-state index in [2.05, 4.69) is 91.0 Å². The van der Waals surface area contributed by atoms with E-state index in [1.54, 1.807) is 0 Å². The third-order valence-corrected chi connectivity index (χ3v) is 9.76. The number of oxazole rings is 1. The summed E-state index contributed by atoms with van der Waals surface area (Å²) in [7, 11) is -2.40. The predicted molar refractivity (Wildman–Crippen MR) is 138 cm³/mol. The second-order valence-corrected chi connectivity index (χ2v) is 10.9. The van der Waals surface area contributed by atoms with Gasteiger partial charge in [-0.25, -0.2) is 0 Å². The summed E-state index contributed by atoms with van der Waals surface area (Å²) in [6.45, 7) is 2.47. The zero-order valence-electron chi connectivity index (χ0n) is 18.5. The van der Waals surface area contributed by atoms with Gasteiger partial charge in [0.05, 0.1) is 6.61 Å². The molecular formula is C29H25NO2P+. The summed E-state index contributed by atoms with van der Waals surface area (Å²) in [5, 5.41) is 3.61. The minimum Gasteiger partial charge on any atom is -0.461 e. The summed E-state index contributed by atoms with van der Waals surface area (Å²) in [6.07, 6.45) is 0. The lowest BCUT2D eigenvalue weighted by Crippen LogP contribution is -2.39. The van der Waals surface area contributed by atoms with Gasteiger partial charge in [-0.15, -0.1) is 0 Å². The molecule has 0 N–H and O–H groups in total. The number of hydrogen-bond acceptors (Lipinski definition) is 3. The Morgan fingerprint density at radius 2 is 1.06 bits per heavy atom. The van der Waals surface area contributed by atoms with Gasteiger partial charge in [-0.2, -0.15) is 4.98 Å². The quantitative estimate of drug-likeness (QED) is 0.313. The van der Waals surface area contributed by atoms with E-state index >= 15 is 0 Å². The van der Waals surface area contributed by atoms with Gasteiger partial charge in [0.2, 0.25) is 5.89 Å². The van der Waals surface area contributed by atoms with Crippen molar-refractivity contribution in [3.05, 3.63) is 121 Å². The Balaban J connectivity index is 1.89.